The van der Waals surface area contributed by atoms with Crippen LogP contribution in [-0.2, 0) is 12.3 Å². The number of thioether (sulfide) groups is 1. The zero-order valence-electron chi connectivity index (χ0n) is 16.0. The molecule has 0 saturated carbocycles. The molecule has 3 N–H and O–H groups in total. The smallest absolute Gasteiger partial charge is 0.251 e. The van der Waals surface area contributed by atoms with Crippen molar-refractivity contribution in [2.45, 2.75) is 12.3 Å². The predicted octanol–water partition coefficient (Wildman–Crippen LogP) is 6.81. The monoisotopic (exact) mass is 583 g/mol. The average Bonchev–Trinajstić information content (AvgIpc) is 2.74. The van der Waals surface area contributed by atoms with Gasteiger partial charge in [0.15, 0.2) is 5.17 Å². The lowest BCUT2D eigenvalue weighted by molar-refractivity contribution is 0.0950. The van der Waals surface area contributed by atoms with Crippen LogP contribution < -0.4 is 11.1 Å². The molecule has 160 valence electrons. The lowest BCUT2D eigenvalue weighted by Crippen LogP contribution is -2.24. The van der Waals surface area contributed by atoms with E-state index in [1.54, 1.807) is 36.4 Å². The molecule has 3 rings (SSSR count). The third kappa shape index (κ3) is 7.07. The van der Waals surface area contributed by atoms with Crippen LogP contribution in [0.4, 0.5) is 10.1 Å². The molecular formula is C22H17Br2ClFN3OS. The molecule has 0 radical (unpaired) electrons. The third-order valence-corrected chi connectivity index (χ3v) is 6.76. The van der Waals surface area contributed by atoms with Crippen molar-refractivity contribution in [2.24, 2.45) is 10.7 Å². The quantitative estimate of drug-likeness (QED) is 0.247. The number of aliphatic imine (C=N–C) groups is 1. The number of nitrogens with two attached hydrogens (primary N) is 1. The number of carbonyl (C=O) groups excluding carboxylic acids is 1. The van der Waals surface area contributed by atoms with Crippen LogP contribution in [0.15, 0.2) is 74.6 Å². The van der Waals surface area contributed by atoms with E-state index in [0.29, 0.717) is 33.7 Å². The first-order valence-corrected chi connectivity index (χ1v) is 12.0. The van der Waals surface area contributed by atoms with Gasteiger partial charge in [-0.3, -0.25) is 4.79 Å². The Morgan fingerprint density at radius 1 is 1.10 bits per heavy atom. The van der Waals surface area contributed by atoms with Crippen molar-refractivity contribution >= 4 is 72.0 Å². The summed E-state index contributed by atoms with van der Waals surface area (Å²) in [7, 11) is 0. The number of halogens is 4. The fourth-order valence-electron chi connectivity index (χ4n) is 2.65. The van der Waals surface area contributed by atoms with Gasteiger partial charge in [0.05, 0.1) is 10.7 Å². The number of nitrogens with one attached hydrogen (secondary N) is 1. The summed E-state index contributed by atoms with van der Waals surface area (Å²) in [4.78, 5) is 17.1. The highest BCUT2D eigenvalue weighted by atomic mass is 79.9. The van der Waals surface area contributed by atoms with Crippen molar-refractivity contribution in [3.05, 3.63) is 97.1 Å². The molecule has 31 heavy (non-hydrogen) atoms. The SMILES string of the molecule is NC(=Nc1ccc(Br)c(Cl)c1)SCc1cc(Br)ccc1C(=O)NCc1ccc(F)cc1. The molecular weight excluding hydrogens is 569 g/mol. The highest BCUT2D eigenvalue weighted by Crippen LogP contribution is 2.28. The number of hydrogen-bond acceptors (Lipinski definition) is 3. The Morgan fingerprint density at radius 2 is 1.84 bits per heavy atom. The second kappa shape index (κ2) is 11.1. The second-order valence-corrected chi connectivity index (χ2v) is 9.62. The maximum atomic E-state index is 13.0. The predicted molar refractivity (Wildman–Crippen MR) is 133 cm³/mol. The maximum absolute atomic E-state index is 13.0. The number of rotatable bonds is 6. The normalized spacial score (nSPS) is 11.4. The molecule has 0 aliphatic rings. The Labute approximate surface area is 205 Å². The summed E-state index contributed by atoms with van der Waals surface area (Å²) in [5.41, 5.74) is 8.87. The molecule has 0 heterocycles. The van der Waals surface area contributed by atoms with Crippen LogP contribution in [0.25, 0.3) is 0 Å². The van der Waals surface area contributed by atoms with Gasteiger partial charge in [-0.25, -0.2) is 9.38 Å². The Balaban J connectivity index is 1.68. The Bertz CT molecular complexity index is 1130. The number of benzene rings is 3. The van der Waals surface area contributed by atoms with Gasteiger partial charge >= 0.3 is 0 Å². The minimum absolute atomic E-state index is 0.220. The Kier molecular flexibility index (Phi) is 8.54. The van der Waals surface area contributed by atoms with Crippen molar-refractivity contribution in [1.29, 1.82) is 0 Å². The lowest BCUT2D eigenvalue weighted by atomic mass is 10.1. The second-order valence-electron chi connectivity index (χ2n) is 6.45. The van der Waals surface area contributed by atoms with Gasteiger partial charge in [0, 0.05) is 26.8 Å². The first-order valence-electron chi connectivity index (χ1n) is 9.05. The lowest BCUT2D eigenvalue weighted by Gasteiger charge is -2.11. The molecule has 9 heteroatoms. The van der Waals surface area contributed by atoms with Crippen LogP contribution in [0, 0.1) is 5.82 Å². The van der Waals surface area contributed by atoms with E-state index in [2.05, 4.69) is 42.2 Å². The number of hydrogen-bond donors (Lipinski definition) is 2. The zero-order valence-corrected chi connectivity index (χ0v) is 20.8. The summed E-state index contributed by atoms with van der Waals surface area (Å²) in [6, 6.07) is 16.8. The summed E-state index contributed by atoms with van der Waals surface area (Å²) in [6.07, 6.45) is 0. The number of amides is 1. The average molecular weight is 586 g/mol. The van der Waals surface area contributed by atoms with E-state index in [1.165, 1.54) is 23.9 Å². The summed E-state index contributed by atoms with van der Waals surface area (Å²) in [5, 5.41) is 3.77. The number of carbonyl (C=O) groups is 1. The molecule has 0 aliphatic carbocycles. The van der Waals surface area contributed by atoms with E-state index in [0.717, 1.165) is 20.1 Å². The highest BCUT2D eigenvalue weighted by molar-refractivity contribution is 9.10. The van der Waals surface area contributed by atoms with Gasteiger partial charge in [-0.1, -0.05) is 51.4 Å². The van der Waals surface area contributed by atoms with E-state index in [9.17, 15) is 9.18 Å². The van der Waals surface area contributed by atoms with E-state index < -0.39 is 0 Å². The van der Waals surface area contributed by atoms with Gasteiger partial charge in [-0.15, -0.1) is 0 Å². The molecule has 0 saturated heterocycles. The molecule has 0 aliphatic heterocycles. The van der Waals surface area contributed by atoms with Crippen LogP contribution in [0.1, 0.15) is 21.5 Å². The molecule has 0 aromatic heterocycles. The molecule has 0 bridgehead atoms. The Hall–Kier alpha value is -1.87. The molecule has 0 unspecified atom stereocenters. The van der Waals surface area contributed by atoms with Crippen molar-refractivity contribution in [2.75, 3.05) is 0 Å². The fraction of sp³-hybridized carbons (Fsp3) is 0.0909. The molecule has 0 atom stereocenters. The van der Waals surface area contributed by atoms with Crippen LogP contribution in [-0.4, -0.2) is 11.1 Å². The Morgan fingerprint density at radius 3 is 2.55 bits per heavy atom. The fourth-order valence-corrected chi connectivity index (χ4v) is 4.19. The molecule has 3 aromatic carbocycles. The van der Waals surface area contributed by atoms with Gasteiger partial charge in [0.2, 0.25) is 0 Å². The molecule has 4 nitrogen and oxygen atoms in total. The standard InChI is InChI=1S/C22H17Br2ClFN3OS/c23-15-3-7-18(21(30)28-11-13-1-4-16(26)5-2-13)14(9-15)12-31-22(27)29-17-6-8-19(24)20(25)10-17/h1-10H,11-12H2,(H2,27,29)(H,28,30). The van der Waals surface area contributed by atoms with Gasteiger partial charge in [-0.2, -0.15) is 0 Å². The van der Waals surface area contributed by atoms with Gasteiger partial charge in [0.25, 0.3) is 5.91 Å². The van der Waals surface area contributed by atoms with Crippen molar-refractivity contribution in [3.8, 4) is 0 Å². The van der Waals surface area contributed by atoms with E-state index >= 15 is 0 Å². The first kappa shape index (κ1) is 23.8. The molecule has 0 fully saturated rings. The van der Waals surface area contributed by atoms with Gasteiger partial charge < -0.3 is 11.1 Å². The van der Waals surface area contributed by atoms with Crippen LogP contribution in [0.5, 0.6) is 0 Å². The zero-order chi connectivity index (χ0) is 22.4. The largest absolute Gasteiger partial charge is 0.378 e. The van der Waals surface area contributed by atoms with Crippen LogP contribution in [0.2, 0.25) is 5.02 Å². The summed E-state index contributed by atoms with van der Waals surface area (Å²) < 4.78 is 14.7. The highest BCUT2D eigenvalue weighted by Gasteiger charge is 2.13. The van der Waals surface area contributed by atoms with Crippen molar-refractivity contribution in [1.82, 2.24) is 5.32 Å². The number of nitrogens with zero attached hydrogens (tertiary/aromatic N) is 1. The van der Waals surface area contributed by atoms with Crippen molar-refractivity contribution < 1.29 is 9.18 Å². The van der Waals surface area contributed by atoms with Crippen LogP contribution in [0.3, 0.4) is 0 Å². The van der Waals surface area contributed by atoms with Crippen LogP contribution >= 0.6 is 55.2 Å². The minimum Gasteiger partial charge on any atom is -0.378 e. The molecule has 1 amide bonds. The van der Waals surface area contributed by atoms with E-state index in [-0.39, 0.29) is 11.7 Å². The molecule has 0 spiro atoms. The third-order valence-electron chi connectivity index (χ3n) is 4.20. The van der Waals surface area contributed by atoms with Gasteiger partial charge in [0.1, 0.15) is 5.82 Å². The molecule has 3 aromatic rings. The number of amidine groups is 1. The minimum atomic E-state index is -0.313. The summed E-state index contributed by atoms with van der Waals surface area (Å²) in [5.74, 6) is -0.0761. The summed E-state index contributed by atoms with van der Waals surface area (Å²) >= 11 is 14.2. The maximum Gasteiger partial charge on any atom is 0.251 e. The first-order chi connectivity index (χ1) is 14.8. The van der Waals surface area contributed by atoms with Crippen molar-refractivity contribution in [3.63, 3.8) is 0 Å². The summed E-state index contributed by atoms with van der Waals surface area (Å²) in [6.45, 7) is 0.301. The van der Waals surface area contributed by atoms with E-state index in [4.69, 9.17) is 17.3 Å². The van der Waals surface area contributed by atoms with Gasteiger partial charge in [-0.05, 0) is 75.6 Å². The van der Waals surface area contributed by atoms with E-state index in [1.807, 2.05) is 12.1 Å². The topological polar surface area (TPSA) is 67.5 Å².